The summed E-state index contributed by atoms with van der Waals surface area (Å²) in [5, 5.41) is 13.1. The molecule has 2 fully saturated rings. The Morgan fingerprint density at radius 2 is 2.00 bits per heavy atom. The number of anilines is 1. The first kappa shape index (κ1) is 23.3. The second kappa shape index (κ2) is 10.5. The monoisotopic (exact) mass is 498 g/mol. The van der Waals surface area contributed by atoms with Crippen molar-refractivity contribution in [1.29, 1.82) is 0 Å². The molecule has 2 N–H and O–H groups in total. The third-order valence-electron chi connectivity index (χ3n) is 6.49. The Morgan fingerprint density at radius 3 is 2.71 bits per heavy atom. The molecule has 2 aliphatic heterocycles. The molecule has 0 radical (unpaired) electrons. The van der Waals surface area contributed by atoms with E-state index in [1.807, 2.05) is 12.1 Å². The zero-order valence-electron chi connectivity index (χ0n) is 19.4. The van der Waals surface area contributed by atoms with E-state index in [4.69, 9.17) is 15.5 Å². The van der Waals surface area contributed by atoms with Crippen LogP contribution in [0.1, 0.15) is 48.7 Å². The molecule has 8 nitrogen and oxygen atoms in total. The van der Waals surface area contributed by atoms with Crippen molar-refractivity contribution in [2.75, 3.05) is 24.6 Å². The maximum absolute atomic E-state index is 11.3. The van der Waals surface area contributed by atoms with Crippen molar-refractivity contribution in [1.82, 2.24) is 19.7 Å². The average Bonchev–Trinajstić information content (AvgIpc) is 3.61. The molecule has 1 amide bonds. The van der Waals surface area contributed by atoms with Crippen LogP contribution in [0.3, 0.4) is 0 Å². The van der Waals surface area contributed by atoms with Gasteiger partial charge in [0.25, 0.3) is 0 Å². The van der Waals surface area contributed by atoms with Gasteiger partial charge in [0, 0.05) is 42.0 Å². The van der Waals surface area contributed by atoms with Gasteiger partial charge in [-0.15, -0.1) is 21.5 Å². The second-order valence-electron chi connectivity index (χ2n) is 9.07. The van der Waals surface area contributed by atoms with Gasteiger partial charge in [-0.25, -0.2) is 4.98 Å². The Bertz CT molecular complexity index is 1110. The fourth-order valence-corrected chi connectivity index (χ4v) is 6.17. The fourth-order valence-electron chi connectivity index (χ4n) is 4.40. The summed E-state index contributed by atoms with van der Waals surface area (Å²) in [6.07, 6.45) is 4.82. The Balaban J connectivity index is 1.29. The van der Waals surface area contributed by atoms with Crippen LogP contribution < -0.4 is 10.6 Å². The van der Waals surface area contributed by atoms with Crippen LogP contribution >= 0.6 is 23.1 Å². The summed E-state index contributed by atoms with van der Waals surface area (Å²) in [4.78, 5) is 18.5. The lowest BCUT2D eigenvalue weighted by Crippen LogP contribution is -2.35. The third kappa shape index (κ3) is 5.29. The minimum Gasteiger partial charge on any atom is -0.376 e. The molecule has 2 aliphatic rings. The quantitative estimate of drug-likeness (QED) is 0.465. The molecular formula is C24H30N6O2S2. The van der Waals surface area contributed by atoms with Gasteiger partial charge in [0.2, 0.25) is 11.9 Å². The number of aromatic nitrogens is 4. The molecule has 2 saturated heterocycles. The first-order valence-corrected chi connectivity index (χ1v) is 13.7. The van der Waals surface area contributed by atoms with Gasteiger partial charge in [-0.3, -0.25) is 9.36 Å². The molecule has 1 atom stereocenters. The van der Waals surface area contributed by atoms with Crippen molar-refractivity contribution in [3.63, 3.8) is 0 Å². The van der Waals surface area contributed by atoms with E-state index in [1.54, 1.807) is 35.2 Å². The van der Waals surface area contributed by atoms with E-state index in [9.17, 15) is 4.79 Å². The van der Waals surface area contributed by atoms with E-state index < -0.39 is 5.91 Å². The lowest BCUT2D eigenvalue weighted by atomic mass is 10.00. The number of hydrogen-bond acceptors (Lipinski definition) is 8. The van der Waals surface area contributed by atoms with Gasteiger partial charge >= 0.3 is 0 Å². The summed E-state index contributed by atoms with van der Waals surface area (Å²) in [6.45, 7) is 6.02. The molecule has 0 bridgehead atoms. The van der Waals surface area contributed by atoms with Crippen molar-refractivity contribution < 1.29 is 9.53 Å². The Kier molecular flexibility index (Phi) is 7.17. The number of primary amides is 1. The second-order valence-corrected chi connectivity index (χ2v) is 10.9. The number of benzene rings is 1. The van der Waals surface area contributed by atoms with Gasteiger partial charge in [0.05, 0.1) is 18.3 Å². The van der Waals surface area contributed by atoms with Crippen molar-refractivity contribution >= 4 is 35.0 Å². The summed E-state index contributed by atoms with van der Waals surface area (Å²) in [5.74, 6) is 2.04. The van der Waals surface area contributed by atoms with Crippen molar-refractivity contribution in [3.8, 4) is 10.6 Å². The van der Waals surface area contributed by atoms with E-state index >= 15 is 0 Å². The number of rotatable bonds is 8. The zero-order valence-corrected chi connectivity index (χ0v) is 21.0. The first-order chi connectivity index (χ1) is 16.6. The number of nitrogens with zero attached hydrogens (tertiary/aromatic N) is 5. The molecule has 0 aliphatic carbocycles. The van der Waals surface area contributed by atoms with Crippen molar-refractivity contribution in [2.24, 2.45) is 11.7 Å². The van der Waals surface area contributed by atoms with E-state index in [2.05, 4.69) is 32.0 Å². The van der Waals surface area contributed by atoms with Crippen LogP contribution in [-0.4, -0.2) is 51.5 Å². The highest BCUT2D eigenvalue weighted by molar-refractivity contribution is 7.98. The number of hydrogen-bond donors (Lipinski definition) is 1. The summed E-state index contributed by atoms with van der Waals surface area (Å²) in [6, 6.07) is 7.26. The predicted octanol–water partition coefficient (Wildman–Crippen LogP) is 4.21. The number of carbonyl (C=O) groups excluding carboxylic acids is 1. The maximum Gasteiger partial charge on any atom is 0.248 e. The Morgan fingerprint density at radius 1 is 1.21 bits per heavy atom. The molecular weight excluding hydrogens is 468 g/mol. The molecule has 4 heterocycles. The first-order valence-electron chi connectivity index (χ1n) is 11.8. The maximum atomic E-state index is 11.3. The number of amides is 1. The summed E-state index contributed by atoms with van der Waals surface area (Å²) >= 11 is 3.27. The van der Waals surface area contributed by atoms with Gasteiger partial charge in [-0.2, -0.15) is 0 Å². The van der Waals surface area contributed by atoms with Crippen molar-refractivity contribution in [2.45, 2.75) is 56.2 Å². The number of carbonyl (C=O) groups is 1. The highest BCUT2D eigenvalue weighted by Gasteiger charge is 2.26. The minimum absolute atomic E-state index is 0.229. The van der Waals surface area contributed by atoms with Gasteiger partial charge < -0.3 is 15.4 Å². The van der Waals surface area contributed by atoms with Crippen LogP contribution in [0.5, 0.6) is 0 Å². The molecule has 10 heteroatoms. The molecule has 1 aromatic carbocycles. The SMILES string of the molecule is CC1CCN(c2nnc(SCc3csc(-c4ccc(C(N)=O)cc4)n3)n2CC2CCCO2)CC1. The number of thioether (sulfide) groups is 1. The highest BCUT2D eigenvalue weighted by atomic mass is 32.2. The van der Waals surface area contributed by atoms with Crippen molar-refractivity contribution in [3.05, 3.63) is 40.9 Å². The molecule has 3 aromatic rings. The van der Waals surface area contributed by atoms with Gasteiger partial charge in [0.15, 0.2) is 5.16 Å². The van der Waals surface area contributed by atoms with E-state index in [-0.39, 0.29) is 6.10 Å². The standard InChI is InChI=1S/C24H30N6O2S2/c1-16-8-10-29(11-9-16)23-27-28-24(30(23)13-20-3-2-12-32-20)34-15-19-14-33-22(26-19)18-6-4-17(5-7-18)21(25)31/h4-7,14,16,20H,2-3,8-13,15H2,1H3,(H2,25,31). The normalized spacial score (nSPS) is 19.1. The number of ether oxygens (including phenoxy) is 1. The minimum atomic E-state index is -0.423. The third-order valence-corrected chi connectivity index (χ3v) is 8.43. The molecule has 0 saturated carbocycles. The largest absolute Gasteiger partial charge is 0.376 e. The molecule has 1 unspecified atom stereocenters. The topological polar surface area (TPSA) is 99.2 Å². The predicted molar refractivity (Wildman–Crippen MR) is 135 cm³/mol. The summed E-state index contributed by atoms with van der Waals surface area (Å²) in [5.41, 5.74) is 7.83. The highest BCUT2D eigenvalue weighted by Crippen LogP contribution is 2.31. The molecule has 5 rings (SSSR count). The molecule has 0 spiro atoms. The number of nitrogens with two attached hydrogens (primary N) is 1. The molecule has 2 aromatic heterocycles. The van der Waals surface area contributed by atoms with Crippen LogP contribution in [-0.2, 0) is 17.0 Å². The summed E-state index contributed by atoms with van der Waals surface area (Å²) < 4.78 is 8.19. The lowest BCUT2D eigenvalue weighted by Gasteiger charge is -2.31. The van der Waals surface area contributed by atoms with Crippen LogP contribution in [0.4, 0.5) is 5.95 Å². The number of piperidine rings is 1. The average molecular weight is 499 g/mol. The van der Waals surface area contributed by atoms with Crippen LogP contribution in [0.15, 0.2) is 34.8 Å². The number of thiazole rings is 1. The van der Waals surface area contributed by atoms with Gasteiger partial charge in [-0.1, -0.05) is 30.8 Å². The van der Waals surface area contributed by atoms with Gasteiger partial charge in [-0.05, 0) is 43.7 Å². The Labute approximate surface area is 207 Å². The zero-order chi connectivity index (χ0) is 23.5. The van der Waals surface area contributed by atoms with Gasteiger partial charge in [0.1, 0.15) is 5.01 Å². The molecule has 180 valence electrons. The van der Waals surface area contributed by atoms with E-state index in [0.29, 0.717) is 5.56 Å². The molecule has 34 heavy (non-hydrogen) atoms. The lowest BCUT2D eigenvalue weighted by molar-refractivity contribution is 0.0951. The summed E-state index contributed by atoms with van der Waals surface area (Å²) in [7, 11) is 0. The van der Waals surface area contributed by atoms with E-state index in [0.717, 1.165) is 78.1 Å². The fraction of sp³-hybridized carbons (Fsp3) is 0.500. The van der Waals surface area contributed by atoms with Crippen LogP contribution in [0, 0.1) is 5.92 Å². The van der Waals surface area contributed by atoms with E-state index in [1.165, 1.54) is 12.8 Å². The van der Waals surface area contributed by atoms with Crippen LogP contribution in [0.25, 0.3) is 10.6 Å². The Hall–Kier alpha value is -2.43. The van der Waals surface area contributed by atoms with Crippen LogP contribution in [0.2, 0.25) is 0 Å². The smallest absolute Gasteiger partial charge is 0.248 e.